The smallest absolute Gasteiger partial charge is 0.234 e. The molecule has 3 rings (SSSR count). The predicted octanol–water partition coefficient (Wildman–Crippen LogP) is 1.52. The highest BCUT2D eigenvalue weighted by Gasteiger charge is 2.13. The van der Waals surface area contributed by atoms with Gasteiger partial charge in [-0.15, -0.1) is 0 Å². The fourth-order valence-electron chi connectivity index (χ4n) is 2.80. The number of aromatic nitrogens is 2. The van der Waals surface area contributed by atoms with E-state index in [1.54, 1.807) is 26.6 Å². The number of methoxy groups -OCH3 is 2. The van der Waals surface area contributed by atoms with Gasteiger partial charge in [0, 0.05) is 38.2 Å². The summed E-state index contributed by atoms with van der Waals surface area (Å²) >= 11 is 0. The molecule has 0 radical (unpaired) electrons. The molecule has 7 nitrogen and oxygen atoms in total. The van der Waals surface area contributed by atoms with Crippen molar-refractivity contribution >= 4 is 5.82 Å². The number of benzene rings is 1. The van der Waals surface area contributed by atoms with Gasteiger partial charge in [-0.3, -0.25) is 4.98 Å². The van der Waals surface area contributed by atoms with E-state index >= 15 is 0 Å². The number of piperazine rings is 1. The minimum atomic E-state index is 0.489. The molecule has 1 N–H and O–H groups in total. The summed E-state index contributed by atoms with van der Waals surface area (Å²) in [4.78, 5) is 11.0. The second-order valence-corrected chi connectivity index (χ2v) is 5.73. The van der Waals surface area contributed by atoms with Gasteiger partial charge >= 0.3 is 0 Å². The molecule has 0 saturated carbocycles. The Morgan fingerprint density at radius 2 is 1.96 bits per heavy atom. The van der Waals surface area contributed by atoms with Crippen LogP contribution in [0.5, 0.6) is 17.4 Å². The number of nitrogens with zero attached hydrogens (tertiary/aromatic N) is 3. The molecular formula is C18H24N4O3. The molecule has 0 atom stereocenters. The van der Waals surface area contributed by atoms with E-state index in [1.807, 2.05) is 18.2 Å². The number of nitrogens with one attached hydrogen (secondary N) is 1. The molecule has 1 aliphatic rings. The lowest BCUT2D eigenvalue weighted by molar-refractivity contribution is 0.304. The minimum absolute atomic E-state index is 0.489. The zero-order valence-electron chi connectivity index (χ0n) is 14.7. The van der Waals surface area contributed by atoms with Gasteiger partial charge in [-0.05, 0) is 18.2 Å². The largest absolute Gasteiger partial charge is 0.497 e. The van der Waals surface area contributed by atoms with Gasteiger partial charge in [0.25, 0.3) is 0 Å². The molecule has 1 fully saturated rings. The predicted molar refractivity (Wildman–Crippen MR) is 95.9 cm³/mol. The molecule has 0 aliphatic carbocycles. The standard InChI is InChI=1S/C18H24N4O3/c1-23-15-3-4-16(24-2)14(11-15)5-10-25-18-13-20-12-17(21-18)22-8-6-19-7-9-22/h3-4,11-13,19H,5-10H2,1-2H3. The highest BCUT2D eigenvalue weighted by atomic mass is 16.5. The molecule has 1 aromatic heterocycles. The Hall–Kier alpha value is -2.54. The molecule has 1 aromatic carbocycles. The molecule has 1 aliphatic heterocycles. The van der Waals surface area contributed by atoms with E-state index in [-0.39, 0.29) is 0 Å². The summed E-state index contributed by atoms with van der Waals surface area (Å²) in [6, 6.07) is 5.75. The molecule has 134 valence electrons. The van der Waals surface area contributed by atoms with Crippen molar-refractivity contribution in [1.82, 2.24) is 15.3 Å². The summed E-state index contributed by atoms with van der Waals surface area (Å²) < 4.78 is 16.5. The average molecular weight is 344 g/mol. The van der Waals surface area contributed by atoms with Crippen LogP contribution in [0, 0.1) is 0 Å². The van der Waals surface area contributed by atoms with Gasteiger partial charge in [0.1, 0.15) is 11.5 Å². The van der Waals surface area contributed by atoms with Crippen molar-refractivity contribution in [1.29, 1.82) is 0 Å². The number of hydrogen-bond acceptors (Lipinski definition) is 7. The van der Waals surface area contributed by atoms with Crippen LogP contribution < -0.4 is 24.4 Å². The van der Waals surface area contributed by atoms with Crippen molar-refractivity contribution < 1.29 is 14.2 Å². The number of hydrogen-bond donors (Lipinski definition) is 1. The Labute approximate surface area is 147 Å². The first-order valence-electron chi connectivity index (χ1n) is 8.41. The normalized spacial score (nSPS) is 14.2. The van der Waals surface area contributed by atoms with Crippen LogP contribution in [-0.2, 0) is 6.42 Å². The van der Waals surface area contributed by atoms with E-state index in [2.05, 4.69) is 20.2 Å². The first kappa shape index (κ1) is 17.3. The minimum Gasteiger partial charge on any atom is -0.497 e. The topological polar surface area (TPSA) is 68.7 Å². The van der Waals surface area contributed by atoms with Gasteiger partial charge < -0.3 is 24.4 Å². The molecule has 25 heavy (non-hydrogen) atoms. The monoisotopic (exact) mass is 344 g/mol. The zero-order chi connectivity index (χ0) is 17.5. The maximum Gasteiger partial charge on any atom is 0.234 e. The van der Waals surface area contributed by atoms with E-state index in [0.29, 0.717) is 18.9 Å². The molecule has 0 amide bonds. The van der Waals surface area contributed by atoms with Crippen LogP contribution in [0.3, 0.4) is 0 Å². The lowest BCUT2D eigenvalue weighted by Gasteiger charge is -2.28. The summed E-state index contributed by atoms with van der Waals surface area (Å²) in [6.45, 7) is 4.27. The quantitative estimate of drug-likeness (QED) is 0.817. The van der Waals surface area contributed by atoms with E-state index in [4.69, 9.17) is 14.2 Å². The third-order valence-corrected chi connectivity index (χ3v) is 4.15. The highest BCUT2D eigenvalue weighted by molar-refractivity contribution is 5.41. The lowest BCUT2D eigenvalue weighted by atomic mass is 10.1. The Bertz CT molecular complexity index is 690. The Balaban J connectivity index is 1.60. The summed E-state index contributed by atoms with van der Waals surface area (Å²) in [5.41, 5.74) is 1.04. The lowest BCUT2D eigenvalue weighted by Crippen LogP contribution is -2.43. The van der Waals surface area contributed by atoms with Crippen LogP contribution in [-0.4, -0.2) is 57.0 Å². The van der Waals surface area contributed by atoms with Crippen LogP contribution in [0.2, 0.25) is 0 Å². The van der Waals surface area contributed by atoms with Crippen LogP contribution in [0.15, 0.2) is 30.6 Å². The Morgan fingerprint density at radius 1 is 1.12 bits per heavy atom. The van der Waals surface area contributed by atoms with Gasteiger partial charge in [-0.1, -0.05) is 0 Å². The fraction of sp³-hybridized carbons (Fsp3) is 0.444. The van der Waals surface area contributed by atoms with Gasteiger partial charge in [0.15, 0.2) is 5.82 Å². The summed E-state index contributed by atoms with van der Waals surface area (Å²) in [6.07, 6.45) is 4.12. The zero-order valence-corrected chi connectivity index (χ0v) is 14.7. The van der Waals surface area contributed by atoms with E-state index in [9.17, 15) is 0 Å². The van der Waals surface area contributed by atoms with Crippen molar-refractivity contribution in [3.8, 4) is 17.4 Å². The molecule has 2 aromatic rings. The van der Waals surface area contributed by atoms with Crippen LogP contribution >= 0.6 is 0 Å². The fourth-order valence-corrected chi connectivity index (χ4v) is 2.80. The first-order chi connectivity index (χ1) is 12.3. The Morgan fingerprint density at radius 3 is 2.72 bits per heavy atom. The Kier molecular flexibility index (Phi) is 5.90. The van der Waals surface area contributed by atoms with Crippen molar-refractivity contribution in [2.24, 2.45) is 0 Å². The first-order valence-corrected chi connectivity index (χ1v) is 8.41. The van der Waals surface area contributed by atoms with Crippen LogP contribution in [0.25, 0.3) is 0 Å². The second kappa shape index (κ2) is 8.53. The van der Waals surface area contributed by atoms with Crippen molar-refractivity contribution in [3.63, 3.8) is 0 Å². The third kappa shape index (κ3) is 4.51. The molecule has 0 unspecified atom stereocenters. The maximum atomic E-state index is 5.80. The van der Waals surface area contributed by atoms with Crippen molar-refractivity contribution in [2.75, 3.05) is 51.9 Å². The van der Waals surface area contributed by atoms with Crippen LogP contribution in [0.4, 0.5) is 5.82 Å². The number of ether oxygens (including phenoxy) is 3. The molecule has 1 saturated heterocycles. The number of anilines is 1. The van der Waals surface area contributed by atoms with E-state index in [1.165, 1.54) is 0 Å². The molecule has 0 bridgehead atoms. The van der Waals surface area contributed by atoms with Gasteiger partial charge in [-0.2, -0.15) is 4.98 Å². The van der Waals surface area contributed by atoms with Crippen molar-refractivity contribution in [2.45, 2.75) is 6.42 Å². The van der Waals surface area contributed by atoms with Gasteiger partial charge in [0.05, 0.1) is 33.2 Å². The molecule has 2 heterocycles. The number of rotatable bonds is 7. The third-order valence-electron chi connectivity index (χ3n) is 4.15. The molecule has 0 spiro atoms. The van der Waals surface area contributed by atoms with Gasteiger partial charge in [-0.25, -0.2) is 0 Å². The maximum absolute atomic E-state index is 5.80. The summed E-state index contributed by atoms with van der Waals surface area (Å²) in [5.74, 6) is 3.03. The average Bonchev–Trinajstić information content (AvgIpc) is 2.69. The molecule has 7 heteroatoms. The van der Waals surface area contributed by atoms with Crippen molar-refractivity contribution in [3.05, 3.63) is 36.2 Å². The summed E-state index contributed by atoms with van der Waals surface area (Å²) in [5, 5.41) is 3.33. The van der Waals surface area contributed by atoms with Crippen LogP contribution in [0.1, 0.15) is 5.56 Å². The van der Waals surface area contributed by atoms with E-state index in [0.717, 1.165) is 49.1 Å². The van der Waals surface area contributed by atoms with Gasteiger partial charge in [0.2, 0.25) is 5.88 Å². The van der Waals surface area contributed by atoms with E-state index < -0.39 is 0 Å². The highest BCUT2D eigenvalue weighted by Crippen LogP contribution is 2.24. The molecular weight excluding hydrogens is 320 g/mol. The second-order valence-electron chi connectivity index (χ2n) is 5.73. The SMILES string of the molecule is COc1ccc(OC)c(CCOc2cncc(N3CCNCC3)n2)c1. The summed E-state index contributed by atoms with van der Waals surface area (Å²) in [7, 11) is 3.31.